The highest BCUT2D eigenvalue weighted by atomic mass is 79.9. The van der Waals surface area contributed by atoms with Crippen LogP contribution in [0.4, 0.5) is 0 Å². The van der Waals surface area contributed by atoms with E-state index >= 15 is 0 Å². The Morgan fingerprint density at radius 1 is 1.53 bits per heavy atom. The number of carbonyl (C=O) groups is 1. The van der Waals surface area contributed by atoms with Gasteiger partial charge in [0.2, 0.25) is 0 Å². The van der Waals surface area contributed by atoms with Crippen molar-refractivity contribution in [2.75, 3.05) is 6.54 Å². The first-order valence-electron chi connectivity index (χ1n) is 5.95. The number of hydrogen-bond donors (Lipinski definition) is 2. The largest absolute Gasteiger partial charge is 0.457 e. The van der Waals surface area contributed by atoms with Gasteiger partial charge in [-0.1, -0.05) is 12.8 Å². The number of halogens is 1. The predicted molar refractivity (Wildman–Crippen MR) is 68.7 cm³/mol. The van der Waals surface area contributed by atoms with Crippen LogP contribution in [0.25, 0.3) is 0 Å². The second-order valence-corrected chi connectivity index (χ2v) is 5.28. The molecule has 1 aromatic rings. The SMILES string of the molecule is NCC1CCCCC1NC(=O)c1coc(Br)c1. The van der Waals surface area contributed by atoms with Crippen LogP contribution < -0.4 is 11.1 Å². The number of nitrogens with one attached hydrogen (secondary N) is 1. The molecule has 1 aliphatic rings. The summed E-state index contributed by atoms with van der Waals surface area (Å²) in [6, 6.07) is 1.88. The Bertz CT molecular complexity index is 392. The van der Waals surface area contributed by atoms with E-state index in [0.717, 1.165) is 19.3 Å². The van der Waals surface area contributed by atoms with Gasteiger partial charge in [-0.25, -0.2) is 0 Å². The smallest absolute Gasteiger partial charge is 0.254 e. The van der Waals surface area contributed by atoms with Gasteiger partial charge in [0.25, 0.3) is 5.91 Å². The molecule has 0 spiro atoms. The Morgan fingerprint density at radius 3 is 2.94 bits per heavy atom. The fraction of sp³-hybridized carbons (Fsp3) is 0.583. The number of nitrogens with two attached hydrogens (primary N) is 1. The lowest BCUT2D eigenvalue weighted by atomic mass is 9.84. The summed E-state index contributed by atoms with van der Waals surface area (Å²) < 4.78 is 5.63. The highest BCUT2D eigenvalue weighted by Gasteiger charge is 2.25. The third-order valence-corrected chi connectivity index (χ3v) is 3.77. The standard InChI is InChI=1S/C12H17BrN2O2/c13-11-5-9(7-17-11)12(16)15-10-4-2-1-3-8(10)6-14/h5,7-8,10H,1-4,6,14H2,(H,15,16). The average Bonchev–Trinajstić information content (AvgIpc) is 2.77. The van der Waals surface area contributed by atoms with Gasteiger partial charge in [0.1, 0.15) is 6.26 Å². The van der Waals surface area contributed by atoms with Crippen molar-refractivity contribution in [3.63, 3.8) is 0 Å². The minimum Gasteiger partial charge on any atom is -0.457 e. The van der Waals surface area contributed by atoms with Crippen molar-refractivity contribution < 1.29 is 9.21 Å². The van der Waals surface area contributed by atoms with Gasteiger partial charge < -0.3 is 15.5 Å². The Labute approximate surface area is 109 Å². The molecule has 0 saturated heterocycles. The van der Waals surface area contributed by atoms with Crippen LogP contribution in [-0.4, -0.2) is 18.5 Å². The molecule has 5 heteroatoms. The summed E-state index contributed by atoms with van der Waals surface area (Å²) in [5, 5.41) is 3.05. The number of rotatable bonds is 3. The van der Waals surface area contributed by atoms with Crippen molar-refractivity contribution in [1.82, 2.24) is 5.32 Å². The summed E-state index contributed by atoms with van der Waals surface area (Å²) in [7, 11) is 0. The van der Waals surface area contributed by atoms with Crippen LogP contribution in [0, 0.1) is 5.92 Å². The van der Waals surface area contributed by atoms with Gasteiger partial charge in [0.15, 0.2) is 4.67 Å². The van der Waals surface area contributed by atoms with Crippen molar-refractivity contribution in [2.24, 2.45) is 11.7 Å². The molecule has 17 heavy (non-hydrogen) atoms. The highest BCUT2D eigenvalue weighted by Crippen LogP contribution is 2.24. The van der Waals surface area contributed by atoms with Crippen molar-refractivity contribution >= 4 is 21.8 Å². The van der Waals surface area contributed by atoms with Crippen LogP contribution in [0.15, 0.2) is 21.4 Å². The fourth-order valence-corrected chi connectivity index (χ4v) is 2.70. The molecule has 1 fully saturated rings. The van der Waals surface area contributed by atoms with E-state index in [4.69, 9.17) is 10.2 Å². The summed E-state index contributed by atoms with van der Waals surface area (Å²) in [5.74, 6) is 0.327. The molecule has 0 bridgehead atoms. The highest BCUT2D eigenvalue weighted by molar-refractivity contribution is 9.10. The summed E-state index contributed by atoms with van der Waals surface area (Å²) in [5.41, 5.74) is 6.29. The van der Waals surface area contributed by atoms with Crippen LogP contribution in [0.3, 0.4) is 0 Å². The van der Waals surface area contributed by atoms with Gasteiger partial charge >= 0.3 is 0 Å². The Balaban J connectivity index is 1.97. The molecule has 2 rings (SSSR count). The first-order valence-corrected chi connectivity index (χ1v) is 6.75. The van der Waals surface area contributed by atoms with E-state index in [1.54, 1.807) is 6.07 Å². The molecule has 0 aromatic carbocycles. The molecule has 1 saturated carbocycles. The van der Waals surface area contributed by atoms with Gasteiger partial charge in [-0.15, -0.1) is 0 Å². The molecule has 2 atom stereocenters. The summed E-state index contributed by atoms with van der Waals surface area (Å²) >= 11 is 3.18. The second kappa shape index (κ2) is 5.69. The minimum absolute atomic E-state index is 0.0789. The molecule has 1 heterocycles. The number of furan rings is 1. The molecular weight excluding hydrogens is 284 g/mol. The van der Waals surface area contributed by atoms with Crippen molar-refractivity contribution in [1.29, 1.82) is 0 Å². The lowest BCUT2D eigenvalue weighted by Gasteiger charge is -2.31. The predicted octanol–water partition coefficient (Wildman–Crippen LogP) is 2.29. The topological polar surface area (TPSA) is 68.3 Å². The van der Waals surface area contributed by atoms with Gasteiger partial charge in [-0.2, -0.15) is 0 Å². The van der Waals surface area contributed by atoms with E-state index in [-0.39, 0.29) is 11.9 Å². The summed E-state index contributed by atoms with van der Waals surface area (Å²) in [6.07, 6.45) is 5.96. The first kappa shape index (κ1) is 12.6. The van der Waals surface area contributed by atoms with Crippen LogP contribution in [0.2, 0.25) is 0 Å². The lowest BCUT2D eigenvalue weighted by Crippen LogP contribution is -2.44. The quantitative estimate of drug-likeness (QED) is 0.900. The number of amides is 1. The van der Waals surface area contributed by atoms with Crippen molar-refractivity contribution in [3.05, 3.63) is 22.6 Å². The van der Waals surface area contributed by atoms with E-state index in [1.807, 2.05) is 0 Å². The summed E-state index contributed by atoms with van der Waals surface area (Å²) in [4.78, 5) is 12.0. The van der Waals surface area contributed by atoms with E-state index in [0.29, 0.717) is 22.7 Å². The minimum atomic E-state index is -0.0789. The van der Waals surface area contributed by atoms with Crippen molar-refractivity contribution in [2.45, 2.75) is 31.7 Å². The van der Waals surface area contributed by atoms with Gasteiger partial charge in [-0.05, 0) is 41.2 Å². The lowest BCUT2D eigenvalue weighted by molar-refractivity contribution is 0.0907. The Kier molecular flexibility index (Phi) is 4.23. The van der Waals surface area contributed by atoms with Gasteiger partial charge in [0, 0.05) is 12.1 Å². The van der Waals surface area contributed by atoms with E-state index in [2.05, 4.69) is 21.2 Å². The van der Waals surface area contributed by atoms with Crippen LogP contribution in [0.5, 0.6) is 0 Å². The molecule has 4 nitrogen and oxygen atoms in total. The van der Waals surface area contributed by atoms with E-state index < -0.39 is 0 Å². The molecule has 1 aliphatic carbocycles. The van der Waals surface area contributed by atoms with Crippen molar-refractivity contribution in [3.8, 4) is 0 Å². The second-order valence-electron chi connectivity index (χ2n) is 4.50. The fourth-order valence-electron chi connectivity index (χ4n) is 2.36. The Morgan fingerprint density at radius 2 is 2.29 bits per heavy atom. The van der Waals surface area contributed by atoms with Gasteiger partial charge in [0.05, 0.1) is 5.56 Å². The third-order valence-electron chi connectivity index (χ3n) is 3.36. The molecule has 1 amide bonds. The van der Waals surface area contributed by atoms with Crippen LogP contribution in [-0.2, 0) is 0 Å². The maximum absolute atomic E-state index is 12.0. The normalized spacial score (nSPS) is 24.6. The molecule has 3 N–H and O–H groups in total. The maximum atomic E-state index is 12.0. The zero-order valence-electron chi connectivity index (χ0n) is 9.62. The summed E-state index contributed by atoms with van der Waals surface area (Å²) in [6.45, 7) is 0.639. The zero-order valence-corrected chi connectivity index (χ0v) is 11.2. The monoisotopic (exact) mass is 300 g/mol. The molecule has 0 aliphatic heterocycles. The van der Waals surface area contributed by atoms with E-state index in [1.165, 1.54) is 12.7 Å². The molecule has 2 unspecified atom stereocenters. The molecule has 94 valence electrons. The van der Waals surface area contributed by atoms with Gasteiger partial charge in [-0.3, -0.25) is 4.79 Å². The molecule has 1 aromatic heterocycles. The van der Waals surface area contributed by atoms with E-state index in [9.17, 15) is 4.79 Å². The third kappa shape index (κ3) is 3.10. The van der Waals surface area contributed by atoms with Crippen LogP contribution in [0.1, 0.15) is 36.0 Å². The zero-order chi connectivity index (χ0) is 12.3. The Hall–Kier alpha value is -0.810. The van der Waals surface area contributed by atoms with Crippen LogP contribution >= 0.6 is 15.9 Å². The number of hydrogen-bond acceptors (Lipinski definition) is 3. The maximum Gasteiger partial charge on any atom is 0.254 e. The molecule has 0 radical (unpaired) electrons. The average molecular weight is 301 g/mol. The molecular formula is C12H17BrN2O2. The number of carbonyl (C=O) groups excluding carboxylic acids is 1. The first-order chi connectivity index (χ1) is 8.20.